The van der Waals surface area contributed by atoms with E-state index < -0.39 is 23.3 Å². The van der Waals surface area contributed by atoms with Crippen LogP contribution in [0, 0.1) is 16.7 Å². The Morgan fingerprint density at radius 1 is 1.28 bits per heavy atom. The first-order valence-electron chi connectivity index (χ1n) is 10.3. The number of hydrogen-bond donors (Lipinski definition) is 0. The summed E-state index contributed by atoms with van der Waals surface area (Å²) in [6.45, 7) is 0. The molecule has 1 saturated carbocycles. The van der Waals surface area contributed by atoms with E-state index in [4.69, 9.17) is 9.15 Å². The summed E-state index contributed by atoms with van der Waals surface area (Å²) in [4.78, 5) is 13.7. The quantitative estimate of drug-likeness (QED) is 0.613. The van der Waals surface area contributed by atoms with Gasteiger partial charge in [0, 0.05) is 56.8 Å². The lowest BCUT2D eigenvalue weighted by Gasteiger charge is -2.36. The number of ketones is 1. The Balaban J connectivity index is 2.03. The van der Waals surface area contributed by atoms with Crippen LogP contribution in [0.3, 0.4) is 0 Å². The van der Waals surface area contributed by atoms with Gasteiger partial charge in [-0.05, 0) is 42.7 Å². The van der Waals surface area contributed by atoms with E-state index >= 15 is 0 Å². The number of rotatable bonds is 3. The predicted molar refractivity (Wildman–Crippen MR) is 112 cm³/mol. The molecule has 1 aromatic heterocycles. The Labute approximate surface area is 183 Å². The normalized spacial score (nSPS) is 21.9. The first-order valence-corrected chi connectivity index (χ1v) is 10.3. The third-order valence-corrected chi connectivity index (χ3v) is 6.20. The molecule has 168 valence electrons. The van der Waals surface area contributed by atoms with Gasteiger partial charge >= 0.3 is 6.18 Å². The van der Waals surface area contributed by atoms with Crippen molar-refractivity contribution in [3.8, 4) is 6.07 Å². The summed E-state index contributed by atoms with van der Waals surface area (Å²) in [6.07, 6.45) is -0.362. The zero-order valence-electron chi connectivity index (χ0n) is 18.0. The van der Waals surface area contributed by atoms with Gasteiger partial charge in [-0.25, -0.2) is 0 Å². The molecule has 0 bridgehead atoms. The standard InChI is InChI=1S/C24H23F3N2O3/c1-29(2)12-14-10-18(23(13-28)8-6-16(30)7-9-23)20-17-11-15(24(25,26)27)4-5-19(17)32-22(20)21(14)31-3/h4-5,10-12,21H,6-9H2,1-3H3. The van der Waals surface area contributed by atoms with Crippen molar-refractivity contribution in [1.82, 2.24) is 4.90 Å². The fourth-order valence-corrected chi connectivity index (χ4v) is 4.64. The van der Waals surface area contributed by atoms with Gasteiger partial charge in [-0.3, -0.25) is 4.79 Å². The zero-order valence-corrected chi connectivity index (χ0v) is 18.0. The molecular formula is C24H23F3N2O3. The topological polar surface area (TPSA) is 66.5 Å². The van der Waals surface area contributed by atoms with Crippen molar-refractivity contribution >= 4 is 22.3 Å². The third kappa shape index (κ3) is 3.61. The fourth-order valence-electron chi connectivity index (χ4n) is 4.64. The summed E-state index contributed by atoms with van der Waals surface area (Å²) in [6, 6.07) is 5.75. The van der Waals surface area contributed by atoms with Crippen molar-refractivity contribution in [3.63, 3.8) is 0 Å². The first kappa shape index (κ1) is 22.2. The van der Waals surface area contributed by atoms with Crippen LogP contribution in [0.15, 0.2) is 40.5 Å². The number of nitriles is 1. The number of carbonyl (C=O) groups is 1. The number of fused-ring (bicyclic) bond motifs is 3. The summed E-state index contributed by atoms with van der Waals surface area (Å²) in [7, 11) is 5.19. The molecule has 2 aromatic rings. The largest absolute Gasteiger partial charge is 0.457 e. The molecule has 1 atom stereocenters. The molecule has 2 aliphatic rings. The summed E-state index contributed by atoms with van der Waals surface area (Å²) in [5, 5.41) is 10.5. The van der Waals surface area contributed by atoms with Crippen molar-refractivity contribution in [2.45, 2.75) is 38.0 Å². The number of furan rings is 1. The number of hydrogen-bond acceptors (Lipinski definition) is 5. The second-order valence-corrected chi connectivity index (χ2v) is 8.55. The van der Waals surface area contributed by atoms with Crippen LogP contribution in [0.5, 0.6) is 0 Å². The van der Waals surface area contributed by atoms with Gasteiger partial charge in [-0.15, -0.1) is 0 Å². The molecule has 0 amide bonds. The maximum absolute atomic E-state index is 13.5. The SMILES string of the molecule is COC1C(=CN(C)C)C=C(C2(C#N)CCC(=O)CC2)c2c1oc1ccc(C(F)(F)F)cc21. The van der Waals surface area contributed by atoms with Gasteiger partial charge in [0.2, 0.25) is 0 Å². The molecular weight excluding hydrogens is 421 g/mol. The Bertz CT molecular complexity index is 1170. The Hall–Kier alpha value is -3.05. The number of ether oxygens (including phenoxy) is 1. The van der Waals surface area contributed by atoms with E-state index in [-0.39, 0.29) is 18.6 Å². The molecule has 1 fully saturated rings. The van der Waals surface area contributed by atoms with Gasteiger partial charge in [0.05, 0.1) is 17.0 Å². The molecule has 0 radical (unpaired) electrons. The van der Waals surface area contributed by atoms with E-state index in [0.29, 0.717) is 40.7 Å². The Morgan fingerprint density at radius 3 is 2.53 bits per heavy atom. The minimum absolute atomic E-state index is 0.0859. The molecule has 0 N–H and O–H groups in total. The van der Waals surface area contributed by atoms with Gasteiger partial charge in [0.1, 0.15) is 23.2 Å². The molecule has 1 aromatic carbocycles. The highest BCUT2D eigenvalue weighted by Crippen LogP contribution is 2.54. The zero-order chi connectivity index (χ0) is 23.3. The van der Waals surface area contributed by atoms with Crippen molar-refractivity contribution in [2.75, 3.05) is 21.2 Å². The number of alkyl halides is 3. The van der Waals surface area contributed by atoms with Crippen molar-refractivity contribution in [3.05, 3.63) is 52.9 Å². The first-order chi connectivity index (χ1) is 15.1. The molecule has 32 heavy (non-hydrogen) atoms. The number of Topliss-reactive ketones (excluding diaryl/α,β-unsaturated/α-hetero) is 1. The number of allylic oxidation sites excluding steroid dienone is 1. The average Bonchev–Trinajstić information content (AvgIpc) is 3.11. The number of halogens is 3. The lowest BCUT2D eigenvalue weighted by molar-refractivity contribution is -0.137. The van der Waals surface area contributed by atoms with Crippen LogP contribution in [-0.2, 0) is 15.7 Å². The highest BCUT2D eigenvalue weighted by molar-refractivity contribution is 5.97. The number of benzene rings is 1. The van der Waals surface area contributed by atoms with Crippen LogP contribution >= 0.6 is 0 Å². The lowest BCUT2D eigenvalue weighted by Crippen LogP contribution is -2.29. The maximum atomic E-state index is 13.5. The molecule has 0 saturated heterocycles. The van der Waals surface area contributed by atoms with Crippen LogP contribution in [0.2, 0.25) is 0 Å². The minimum Gasteiger partial charge on any atom is -0.457 e. The Kier molecular flexibility index (Phi) is 5.41. The van der Waals surface area contributed by atoms with Gasteiger partial charge < -0.3 is 14.1 Å². The summed E-state index contributed by atoms with van der Waals surface area (Å²) >= 11 is 0. The molecule has 1 unspecified atom stereocenters. The summed E-state index contributed by atoms with van der Waals surface area (Å²) in [5.74, 6) is 0.460. The molecule has 4 rings (SSSR count). The predicted octanol–water partition coefficient (Wildman–Crippen LogP) is 5.63. The van der Waals surface area contributed by atoms with Crippen LogP contribution in [0.25, 0.3) is 16.5 Å². The van der Waals surface area contributed by atoms with E-state index in [9.17, 15) is 23.2 Å². The van der Waals surface area contributed by atoms with E-state index in [2.05, 4.69) is 6.07 Å². The van der Waals surface area contributed by atoms with Gasteiger partial charge in [0.25, 0.3) is 0 Å². The molecule has 2 aliphatic carbocycles. The van der Waals surface area contributed by atoms with E-state index in [0.717, 1.165) is 17.7 Å². The molecule has 0 spiro atoms. The monoisotopic (exact) mass is 444 g/mol. The van der Waals surface area contributed by atoms with Gasteiger partial charge in [0.15, 0.2) is 0 Å². The van der Waals surface area contributed by atoms with Crippen LogP contribution in [0.1, 0.15) is 48.7 Å². The van der Waals surface area contributed by atoms with E-state index in [1.165, 1.54) is 13.2 Å². The molecule has 5 nitrogen and oxygen atoms in total. The smallest absolute Gasteiger partial charge is 0.416 e. The van der Waals surface area contributed by atoms with E-state index in [1.807, 2.05) is 31.3 Å². The third-order valence-electron chi connectivity index (χ3n) is 6.20. The molecule has 0 aliphatic heterocycles. The van der Waals surface area contributed by atoms with E-state index in [1.54, 1.807) is 0 Å². The van der Waals surface area contributed by atoms with Crippen molar-refractivity contribution in [1.29, 1.82) is 5.26 Å². The highest BCUT2D eigenvalue weighted by atomic mass is 19.4. The number of carbonyl (C=O) groups excluding carboxylic acids is 1. The fraction of sp³-hybridized carbons (Fsp3) is 0.417. The lowest BCUT2D eigenvalue weighted by atomic mass is 9.65. The maximum Gasteiger partial charge on any atom is 0.416 e. The summed E-state index contributed by atoms with van der Waals surface area (Å²) < 4.78 is 52.1. The molecule has 8 heteroatoms. The van der Waals surface area contributed by atoms with Crippen LogP contribution in [-0.4, -0.2) is 31.9 Å². The second-order valence-electron chi connectivity index (χ2n) is 8.55. The van der Waals surface area contributed by atoms with Gasteiger partial charge in [-0.2, -0.15) is 18.4 Å². The Morgan fingerprint density at radius 2 is 1.97 bits per heavy atom. The van der Waals surface area contributed by atoms with Crippen LogP contribution < -0.4 is 0 Å². The van der Waals surface area contributed by atoms with Gasteiger partial charge in [-0.1, -0.05) is 0 Å². The average molecular weight is 444 g/mol. The number of methoxy groups -OCH3 is 1. The highest BCUT2D eigenvalue weighted by Gasteiger charge is 2.45. The van der Waals surface area contributed by atoms with Crippen molar-refractivity contribution in [2.24, 2.45) is 5.41 Å². The summed E-state index contributed by atoms with van der Waals surface area (Å²) in [5.41, 5.74) is 0.273. The van der Waals surface area contributed by atoms with Crippen LogP contribution in [0.4, 0.5) is 13.2 Å². The molecule has 1 heterocycles. The van der Waals surface area contributed by atoms with Crippen molar-refractivity contribution < 1.29 is 27.1 Å². The number of nitrogens with zero attached hydrogens (tertiary/aromatic N) is 2. The second kappa shape index (κ2) is 7.82. The minimum atomic E-state index is -4.52.